The van der Waals surface area contributed by atoms with Crippen LogP contribution in [0.25, 0.3) is 10.8 Å². The largest absolute Gasteiger partial charge is 0.491 e. The van der Waals surface area contributed by atoms with Crippen LogP contribution in [0.1, 0.15) is 12.0 Å². The standard InChI is InChI=1S/C25H28N2O5S/c28-25(26-14-17-32-24-7-3-5-21-4-1-2-6-23(21)24)13-10-20-8-11-22(12-9-20)33(29,30)27-15-18-31-19-16-27/h1-9,11-12H,10,13-19H2,(H,26,28). The number of morpholine rings is 1. The molecule has 0 bridgehead atoms. The number of nitrogens with zero attached hydrogens (tertiary/aromatic N) is 1. The minimum Gasteiger partial charge on any atom is -0.491 e. The highest BCUT2D eigenvalue weighted by molar-refractivity contribution is 7.89. The van der Waals surface area contributed by atoms with Gasteiger partial charge in [0.25, 0.3) is 0 Å². The Kier molecular flexibility index (Phi) is 7.59. The summed E-state index contributed by atoms with van der Waals surface area (Å²) in [5.41, 5.74) is 0.915. The van der Waals surface area contributed by atoms with Crippen molar-refractivity contribution in [2.24, 2.45) is 0 Å². The second-order valence-corrected chi connectivity index (χ2v) is 9.77. The summed E-state index contributed by atoms with van der Waals surface area (Å²) in [4.78, 5) is 12.5. The van der Waals surface area contributed by atoms with E-state index in [9.17, 15) is 13.2 Å². The van der Waals surface area contributed by atoms with Gasteiger partial charge in [-0.05, 0) is 35.6 Å². The molecule has 0 radical (unpaired) electrons. The van der Waals surface area contributed by atoms with E-state index in [0.29, 0.717) is 52.3 Å². The van der Waals surface area contributed by atoms with Crippen LogP contribution in [0.3, 0.4) is 0 Å². The lowest BCUT2D eigenvalue weighted by atomic mass is 10.1. The maximum Gasteiger partial charge on any atom is 0.243 e. The third-order valence-electron chi connectivity index (χ3n) is 5.60. The fourth-order valence-electron chi connectivity index (χ4n) is 3.78. The topological polar surface area (TPSA) is 84.9 Å². The van der Waals surface area contributed by atoms with E-state index in [-0.39, 0.29) is 10.8 Å². The predicted molar refractivity (Wildman–Crippen MR) is 127 cm³/mol. The molecule has 0 spiro atoms. The highest BCUT2D eigenvalue weighted by Gasteiger charge is 2.26. The van der Waals surface area contributed by atoms with Crippen molar-refractivity contribution in [2.45, 2.75) is 17.7 Å². The molecule has 3 aromatic rings. The molecule has 1 aliphatic rings. The monoisotopic (exact) mass is 468 g/mol. The van der Waals surface area contributed by atoms with Gasteiger partial charge in [-0.2, -0.15) is 4.31 Å². The molecule has 1 fully saturated rings. The van der Waals surface area contributed by atoms with Gasteiger partial charge >= 0.3 is 0 Å². The smallest absolute Gasteiger partial charge is 0.243 e. The average Bonchev–Trinajstić information content (AvgIpc) is 2.86. The molecule has 1 N–H and O–H groups in total. The van der Waals surface area contributed by atoms with Gasteiger partial charge in [0.1, 0.15) is 12.4 Å². The average molecular weight is 469 g/mol. The van der Waals surface area contributed by atoms with Gasteiger partial charge in [-0.15, -0.1) is 0 Å². The number of carbonyl (C=O) groups excluding carboxylic acids is 1. The van der Waals surface area contributed by atoms with Crippen LogP contribution in [0.15, 0.2) is 71.6 Å². The predicted octanol–water partition coefficient (Wildman–Crippen LogP) is 2.99. The Balaban J connectivity index is 1.21. The molecule has 1 amide bonds. The highest BCUT2D eigenvalue weighted by Crippen LogP contribution is 2.25. The molecule has 7 nitrogen and oxygen atoms in total. The van der Waals surface area contributed by atoms with E-state index < -0.39 is 10.0 Å². The number of benzene rings is 3. The Morgan fingerprint density at radius 1 is 0.970 bits per heavy atom. The SMILES string of the molecule is O=C(CCc1ccc(S(=O)(=O)N2CCOCC2)cc1)NCCOc1cccc2ccccc12. The summed E-state index contributed by atoms with van der Waals surface area (Å²) in [6, 6.07) is 20.7. The molecule has 8 heteroatoms. The van der Waals surface area contributed by atoms with Crippen LogP contribution >= 0.6 is 0 Å². The summed E-state index contributed by atoms with van der Waals surface area (Å²) >= 11 is 0. The van der Waals surface area contributed by atoms with Crippen molar-refractivity contribution in [3.63, 3.8) is 0 Å². The van der Waals surface area contributed by atoms with Crippen LogP contribution in [0, 0.1) is 0 Å². The van der Waals surface area contributed by atoms with Gasteiger partial charge in [0.2, 0.25) is 15.9 Å². The van der Waals surface area contributed by atoms with Crippen molar-refractivity contribution in [1.82, 2.24) is 9.62 Å². The molecular weight excluding hydrogens is 440 g/mol. The fourth-order valence-corrected chi connectivity index (χ4v) is 5.19. The van der Waals surface area contributed by atoms with Crippen LogP contribution < -0.4 is 10.1 Å². The van der Waals surface area contributed by atoms with Crippen LogP contribution in [0.2, 0.25) is 0 Å². The van der Waals surface area contributed by atoms with Crippen molar-refractivity contribution in [1.29, 1.82) is 0 Å². The number of carbonyl (C=O) groups is 1. The summed E-state index contributed by atoms with van der Waals surface area (Å²) < 4.78 is 37.9. The van der Waals surface area contributed by atoms with Gasteiger partial charge in [0, 0.05) is 24.9 Å². The molecule has 1 saturated heterocycles. The van der Waals surface area contributed by atoms with Gasteiger partial charge in [0.05, 0.1) is 24.7 Å². The molecule has 0 aromatic heterocycles. The normalized spacial score (nSPS) is 14.8. The number of rotatable bonds is 9. The second kappa shape index (κ2) is 10.8. The molecule has 0 unspecified atom stereocenters. The van der Waals surface area contributed by atoms with Gasteiger partial charge in [-0.25, -0.2) is 8.42 Å². The van der Waals surface area contributed by atoms with E-state index in [1.54, 1.807) is 24.3 Å². The maximum absolute atomic E-state index is 12.7. The van der Waals surface area contributed by atoms with Gasteiger partial charge in [-0.3, -0.25) is 4.79 Å². The number of nitrogens with one attached hydrogen (secondary N) is 1. The van der Waals surface area contributed by atoms with Crippen LogP contribution in [-0.2, 0) is 26.0 Å². The molecule has 0 aliphatic carbocycles. The zero-order chi connectivity index (χ0) is 23.1. The lowest BCUT2D eigenvalue weighted by Gasteiger charge is -2.26. The Bertz CT molecular complexity index is 1180. The van der Waals surface area contributed by atoms with E-state index in [2.05, 4.69) is 5.32 Å². The number of aryl methyl sites for hydroxylation is 1. The lowest BCUT2D eigenvalue weighted by Crippen LogP contribution is -2.40. The molecule has 4 rings (SSSR count). The maximum atomic E-state index is 12.7. The Morgan fingerprint density at radius 2 is 1.70 bits per heavy atom. The van der Waals surface area contributed by atoms with E-state index in [4.69, 9.17) is 9.47 Å². The van der Waals surface area contributed by atoms with E-state index >= 15 is 0 Å². The fraction of sp³-hybridized carbons (Fsp3) is 0.320. The van der Waals surface area contributed by atoms with Crippen LogP contribution in [0.4, 0.5) is 0 Å². The number of fused-ring (bicyclic) bond motifs is 1. The molecular formula is C25H28N2O5S. The third-order valence-corrected chi connectivity index (χ3v) is 7.52. The van der Waals surface area contributed by atoms with Crippen molar-refractivity contribution in [2.75, 3.05) is 39.5 Å². The van der Waals surface area contributed by atoms with E-state index in [0.717, 1.165) is 22.1 Å². The minimum atomic E-state index is -3.50. The number of hydrogen-bond donors (Lipinski definition) is 1. The van der Waals surface area contributed by atoms with Crippen molar-refractivity contribution in [3.05, 3.63) is 72.3 Å². The molecule has 0 atom stereocenters. The zero-order valence-corrected chi connectivity index (χ0v) is 19.2. The highest BCUT2D eigenvalue weighted by atomic mass is 32.2. The lowest BCUT2D eigenvalue weighted by molar-refractivity contribution is -0.121. The van der Waals surface area contributed by atoms with E-state index in [1.807, 2.05) is 42.5 Å². The summed E-state index contributed by atoms with van der Waals surface area (Å²) in [6.07, 6.45) is 0.859. The zero-order valence-electron chi connectivity index (χ0n) is 18.4. The van der Waals surface area contributed by atoms with Crippen molar-refractivity contribution < 1.29 is 22.7 Å². The molecule has 0 saturated carbocycles. The van der Waals surface area contributed by atoms with E-state index in [1.165, 1.54) is 4.31 Å². The summed E-state index contributed by atoms with van der Waals surface area (Å²) in [5.74, 6) is 0.732. The first-order chi connectivity index (χ1) is 16.0. The number of ether oxygens (including phenoxy) is 2. The summed E-state index contributed by atoms with van der Waals surface area (Å²) in [7, 11) is -3.50. The van der Waals surface area contributed by atoms with Crippen molar-refractivity contribution >= 4 is 26.7 Å². The quantitative estimate of drug-likeness (QED) is 0.488. The molecule has 1 aliphatic heterocycles. The molecule has 33 heavy (non-hydrogen) atoms. The number of hydrogen-bond acceptors (Lipinski definition) is 5. The van der Waals surface area contributed by atoms with Crippen LogP contribution in [0.5, 0.6) is 5.75 Å². The summed E-state index contributed by atoms with van der Waals surface area (Å²) in [6.45, 7) is 2.37. The minimum absolute atomic E-state index is 0.0680. The second-order valence-electron chi connectivity index (χ2n) is 7.84. The third kappa shape index (κ3) is 5.90. The first-order valence-corrected chi connectivity index (χ1v) is 12.5. The first kappa shape index (κ1) is 23.2. The first-order valence-electron chi connectivity index (χ1n) is 11.1. The number of amides is 1. The van der Waals surface area contributed by atoms with Gasteiger partial charge < -0.3 is 14.8 Å². The van der Waals surface area contributed by atoms with Crippen LogP contribution in [-0.4, -0.2) is 58.1 Å². The Morgan fingerprint density at radius 3 is 2.48 bits per heavy atom. The van der Waals surface area contributed by atoms with Gasteiger partial charge in [-0.1, -0.05) is 48.5 Å². The van der Waals surface area contributed by atoms with Gasteiger partial charge in [0.15, 0.2) is 0 Å². The molecule has 3 aromatic carbocycles. The number of sulfonamides is 1. The molecule has 174 valence electrons. The Hall–Kier alpha value is -2.94. The Labute approximate surface area is 194 Å². The van der Waals surface area contributed by atoms with Crippen molar-refractivity contribution in [3.8, 4) is 5.75 Å². The molecule has 1 heterocycles. The summed E-state index contributed by atoms with van der Waals surface area (Å²) in [5, 5.41) is 5.03.